The van der Waals surface area contributed by atoms with Gasteiger partial charge in [-0.25, -0.2) is 0 Å². The lowest BCUT2D eigenvalue weighted by atomic mass is 10.1. The maximum atomic E-state index is 12.5. The van der Waals surface area contributed by atoms with E-state index in [4.69, 9.17) is 9.47 Å². The number of anilines is 1. The number of ether oxygens (including phenoxy) is 2. The average molecular weight is 368 g/mol. The number of rotatable bonds is 7. The fourth-order valence-electron chi connectivity index (χ4n) is 2.91. The summed E-state index contributed by atoms with van der Waals surface area (Å²) < 4.78 is 11.2. The van der Waals surface area contributed by atoms with Crippen LogP contribution in [0.2, 0.25) is 0 Å². The molecule has 6 heteroatoms. The molecule has 2 aromatic rings. The minimum atomic E-state index is -0.280. The van der Waals surface area contributed by atoms with Crippen LogP contribution in [0.25, 0.3) is 0 Å². The predicted molar refractivity (Wildman–Crippen MR) is 103 cm³/mol. The first-order valence-corrected chi connectivity index (χ1v) is 9.20. The summed E-state index contributed by atoms with van der Waals surface area (Å²) in [5.41, 5.74) is 1.40. The summed E-state index contributed by atoms with van der Waals surface area (Å²) in [6, 6.07) is 13.9. The zero-order valence-corrected chi connectivity index (χ0v) is 15.4. The SMILES string of the molecule is CCNC(=O)c1ccccc1NC(=O)c1ccc(OC[C@@H]2CCCO2)cc1. The van der Waals surface area contributed by atoms with Crippen molar-refractivity contribution in [2.45, 2.75) is 25.9 Å². The summed E-state index contributed by atoms with van der Waals surface area (Å²) in [6.45, 7) is 3.69. The fourth-order valence-corrected chi connectivity index (χ4v) is 2.91. The standard InChI is InChI=1S/C21H24N2O4/c1-2-22-21(25)18-7-3-4-8-19(18)23-20(24)15-9-11-16(12-10-15)27-14-17-6-5-13-26-17/h3-4,7-12,17H,2,5-6,13-14H2,1H3,(H,22,25)(H,23,24)/t17-/m0/s1. The van der Waals surface area contributed by atoms with Gasteiger partial charge in [0, 0.05) is 18.7 Å². The first kappa shape index (κ1) is 18.9. The highest BCUT2D eigenvalue weighted by molar-refractivity contribution is 6.09. The van der Waals surface area contributed by atoms with Crippen LogP contribution in [-0.2, 0) is 4.74 Å². The molecule has 1 atom stereocenters. The molecule has 0 unspecified atom stereocenters. The molecule has 1 saturated heterocycles. The van der Waals surface area contributed by atoms with E-state index in [2.05, 4.69) is 10.6 Å². The van der Waals surface area contributed by atoms with Crippen molar-refractivity contribution in [2.75, 3.05) is 25.1 Å². The van der Waals surface area contributed by atoms with Gasteiger partial charge in [0.25, 0.3) is 11.8 Å². The molecule has 0 radical (unpaired) electrons. The monoisotopic (exact) mass is 368 g/mol. The van der Waals surface area contributed by atoms with Gasteiger partial charge in [-0.05, 0) is 56.2 Å². The van der Waals surface area contributed by atoms with Gasteiger partial charge in [0.15, 0.2) is 0 Å². The zero-order chi connectivity index (χ0) is 19.1. The van der Waals surface area contributed by atoms with Crippen LogP contribution in [0.1, 0.15) is 40.5 Å². The van der Waals surface area contributed by atoms with E-state index in [1.54, 1.807) is 48.5 Å². The molecule has 2 amide bonds. The normalized spacial score (nSPS) is 16.0. The third-order valence-corrected chi connectivity index (χ3v) is 4.33. The smallest absolute Gasteiger partial charge is 0.255 e. The van der Waals surface area contributed by atoms with Crippen molar-refractivity contribution in [3.8, 4) is 5.75 Å². The molecule has 1 fully saturated rings. The second kappa shape index (κ2) is 9.19. The highest BCUT2D eigenvalue weighted by atomic mass is 16.5. The van der Waals surface area contributed by atoms with Crippen LogP contribution in [0.5, 0.6) is 5.75 Å². The van der Waals surface area contributed by atoms with E-state index in [1.807, 2.05) is 6.92 Å². The van der Waals surface area contributed by atoms with Gasteiger partial charge in [-0.3, -0.25) is 9.59 Å². The number of hydrogen-bond donors (Lipinski definition) is 2. The summed E-state index contributed by atoms with van der Waals surface area (Å²) in [6.07, 6.45) is 2.25. The molecule has 6 nitrogen and oxygen atoms in total. The summed E-state index contributed by atoms with van der Waals surface area (Å²) in [7, 11) is 0. The van der Waals surface area contributed by atoms with Gasteiger partial charge < -0.3 is 20.1 Å². The van der Waals surface area contributed by atoms with E-state index >= 15 is 0 Å². The van der Waals surface area contributed by atoms with Gasteiger partial charge in [0.1, 0.15) is 12.4 Å². The topological polar surface area (TPSA) is 76.7 Å². The molecule has 1 aliphatic rings. The van der Waals surface area contributed by atoms with Crippen molar-refractivity contribution in [1.82, 2.24) is 5.32 Å². The van der Waals surface area contributed by atoms with E-state index in [1.165, 1.54) is 0 Å². The molecule has 0 aliphatic carbocycles. The van der Waals surface area contributed by atoms with E-state index in [0.29, 0.717) is 35.7 Å². The number of carbonyl (C=O) groups excluding carboxylic acids is 2. The van der Waals surface area contributed by atoms with E-state index < -0.39 is 0 Å². The molecule has 1 heterocycles. The van der Waals surface area contributed by atoms with Crippen LogP contribution in [0.3, 0.4) is 0 Å². The van der Waals surface area contributed by atoms with Crippen molar-refractivity contribution in [3.05, 3.63) is 59.7 Å². The van der Waals surface area contributed by atoms with Crippen molar-refractivity contribution in [2.24, 2.45) is 0 Å². The number of benzene rings is 2. The molecule has 2 aromatic carbocycles. The van der Waals surface area contributed by atoms with E-state index in [9.17, 15) is 9.59 Å². The van der Waals surface area contributed by atoms with Crippen molar-refractivity contribution in [1.29, 1.82) is 0 Å². The van der Waals surface area contributed by atoms with E-state index in [-0.39, 0.29) is 17.9 Å². The van der Waals surface area contributed by atoms with Gasteiger partial charge in [-0.15, -0.1) is 0 Å². The molecule has 2 N–H and O–H groups in total. The minimum absolute atomic E-state index is 0.152. The highest BCUT2D eigenvalue weighted by Crippen LogP contribution is 2.19. The summed E-state index contributed by atoms with van der Waals surface area (Å²) in [4.78, 5) is 24.6. The van der Waals surface area contributed by atoms with Crippen molar-refractivity contribution in [3.63, 3.8) is 0 Å². The summed E-state index contributed by atoms with van der Waals surface area (Å²) in [5.74, 6) is 0.202. The number of carbonyl (C=O) groups is 2. The predicted octanol–water partition coefficient (Wildman–Crippen LogP) is 3.25. The van der Waals surface area contributed by atoms with Gasteiger partial charge in [0.05, 0.1) is 17.4 Å². The number of nitrogens with one attached hydrogen (secondary N) is 2. The third-order valence-electron chi connectivity index (χ3n) is 4.33. The summed E-state index contributed by atoms with van der Waals surface area (Å²) >= 11 is 0. The lowest BCUT2D eigenvalue weighted by Crippen LogP contribution is -2.24. The zero-order valence-electron chi connectivity index (χ0n) is 15.4. The van der Waals surface area contributed by atoms with Crippen molar-refractivity contribution < 1.29 is 19.1 Å². The van der Waals surface area contributed by atoms with E-state index in [0.717, 1.165) is 19.4 Å². The van der Waals surface area contributed by atoms with Crippen LogP contribution >= 0.6 is 0 Å². The Balaban J connectivity index is 1.62. The Labute approximate surface area is 158 Å². The average Bonchev–Trinajstić information content (AvgIpc) is 3.21. The molecule has 0 aromatic heterocycles. The number of amides is 2. The molecule has 0 bridgehead atoms. The molecule has 3 rings (SSSR count). The molecule has 1 aliphatic heterocycles. The molecular formula is C21H24N2O4. The first-order valence-electron chi connectivity index (χ1n) is 9.20. The van der Waals surface area contributed by atoms with Crippen LogP contribution < -0.4 is 15.4 Å². The maximum Gasteiger partial charge on any atom is 0.255 e. The maximum absolute atomic E-state index is 12.5. The van der Waals surface area contributed by atoms with Gasteiger partial charge in [0.2, 0.25) is 0 Å². The molecule has 0 spiro atoms. The Morgan fingerprint density at radius 1 is 1.11 bits per heavy atom. The van der Waals surface area contributed by atoms with Gasteiger partial charge >= 0.3 is 0 Å². The fraction of sp³-hybridized carbons (Fsp3) is 0.333. The quantitative estimate of drug-likeness (QED) is 0.787. The first-order chi connectivity index (χ1) is 13.2. The molecule has 0 saturated carbocycles. The number of hydrogen-bond acceptors (Lipinski definition) is 4. The van der Waals surface area contributed by atoms with Crippen LogP contribution in [0.4, 0.5) is 5.69 Å². The Hall–Kier alpha value is -2.86. The summed E-state index contributed by atoms with van der Waals surface area (Å²) in [5, 5.41) is 5.54. The molecule has 27 heavy (non-hydrogen) atoms. The lowest BCUT2D eigenvalue weighted by molar-refractivity contribution is 0.0679. The van der Waals surface area contributed by atoms with Gasteiger partial charge in [-0.1, -0.05) is 12.1 Å². The second-order valence-corrected chi connectivity index (χ2v) is 6.33. The van der Waals surface area contributed by atoms with Crippen LogP contribution in [-0.4, -0.2) is 37.7 Å². The minimum Gasteiger partial charge on any atom is -0.491 e. The third kappa shape index (κ3) is 5.08. The Bertz CT molecular complexity index is 783. The molecule has 142 valence electrons. The Morgan fingerprint density at radius 3 is 2.59 bits per heavy atom. The van der Waals surface area contributed by atoms with Crippen LogP contribution in [0.15, 0.2) is 48.5 Å². The van der Waals surface area contributed by atoms with Gasteiger partial charge in [-0.2, -0.15) is 0 Å². The Morgan fingerprint density at radius 2 is 1.89 bits per heavy atom. The van der Waals surface area contributed by atoms with Crippen molar-refractivity contribution >= 4 is 17.5 Å². The lowest BCUT2D eigenvalue weighted by Gasteiger charge is -2.12. The second-order valence-electron chi connectivity index (χ2n) is 6.33. The number of para-hydroxylation sites is 1. The largest absolute Gasteiger partial charge is 0.491 e. The molecular weight excluding hydrogens is 344 g/mol. The Kier molecular flexibility index (Phi) is 6.44. The highest BCUT2D eigenvalue weighted by Gasteiger charge is 2.16. The van der Waals surface area contributed by atoms with Crippen LogP contribution in [0, 0.1) is 0 Å².